The highest BCUT2D eigenvalue weighted by atomic mass is 35.5. The predicted octanol–water partition coefficient (Wildman–Crippen LogP) is 2.33. The molecule has 1 amide bonds. The van der Waals surface area contributed by atoms with Crippen molar-refractivity contribution < 1.29 is 18.9 Å². The number of nitrogens with two attached hydrogens (primary N) is 1. The lowest BCUT2D eigenvalue weighted by Gasteiger charge is -2.08. The average Bonchev–Trinajstić information content (AvgIpc) is 3.45. The highest BCUT2D eigenvalue weighted by Crippen LogP contribution is 2.32. The number of hydrazone groups is 1. The smallest absolute Gasteiger partial charge is 0.294 e. The monoisotopic (exact) mass is 468 g/mol. The molecular weight excluding hydrogens is 452 g/mol. The topological polar surface area (TPSA) is 156 Å². The summed E-state index contributed by atoms with van der Waals surface area (Å²) in [6.07, 6.45) is 1.44. The molecule has 2 heterocycles. The minimum absolute atomic E-state index is 0.0355. The molecule has 2 aromatic carbocycles. The molecule has 12 nitrogen and oxygen atoms in total. The van der Waals surface area contributed by atoms with Gasteiger partial charge in [0, 0.05) is 5.56 Å². The van der Waals surface area contributed by atoms with E-state index in [2.05, 4.69) is 35.8 Å². The van der Waals surface area contributed by atoms with Gasteiger partial charge in [-0.15, -0.1) is 5.10 Å². The number of aromatic nitrogens is 5. The summed E-state index contributed by atoms with van der Waals surface area (Å²) in [7, 11) is 3.07. The Bertz CT molecular complexity index is 1330. The van der Waals surface area contributed by atoms with Crippen molar-refractivity contribution in [2.75, 3.05) is 20.0 Å². The summed E-state index contributed by atoms with van der Waals surface area (Å²) in [5.74, 6) is 0.483. The molecule has 0 atom stereocenters. The second-order valence-corrected chi connectivity index (χ2v) is 6.87. The van der Waals surface area contributed by atoms with E-state index in [0.717, 1.165) is 0 Å². The Balaban J connectivity index is 1.66. The van der Waals surface area contributed by atoms with Gasteiger partial charge in [-0.3, -0.25) is 4.79 Å². The van der Waals surface area contributed by atoms with Crippen LogP contribution in [-0.2, 0) is 0 Å². The van der Waals surface area contributed by atoms with Gasteiger partial charge in [-0.2, -0.15) is 9.78 Å². The number of hydrogen-bond donors (Lipinski definition) is 2. The molecule has 4 rings (SSSR count). The molecule has 0 radical (unpaired) electrons. The van der Waals surface area contributed by atoms with Crippen LogP contribution in [0.25, 0.3) is 17.1 Å². The van der Waals surface area contributed by atoms with Gasteiger partial charge in [0.05, 0.1) is 25.5 Å². The third-order valence-corrected chi connectivity index (χ3v) is 4.83. The fraction of sp³-hybridized carbons (Fsp3) is 0.100. The van der Waals surface area contributed by atoms with Crippen LogP contribution < -0.4 is 20.6 Å². The molecule has 0 fully saturated rings. The van der Waals surface area contributed by atoms with Crippen molar-refractivity contribution in [3.63, 3.8) is 0 Å². The SMILES string of the molecule is COc1ccc(C=NNC(=O)c2nnn(-c3nonc3N)c2-c2ccccc2Cl)cc1OC. The molecule has 0 saturated carbocycles. The van der Waals surface area contributed by atoms with Gasteiger partial charge in [0.1, 0.15) is 5.69 Å². The van der Waals surface area contributed by atoms with Crippen LogP contribution >= 0.6 is 11.6 Å². The van der Waals surface area contributed by atoms with Crippen LogP contribution in [-0.4, -0.2) is 51.6 Å². The van der Waals surface area contributed by atoms with Crippen LogP contribution in [0.3, 0.4) is 0 Å². The zero-order chi connectivity index (χ0) is 23.4. The zero-order valence-electron chi connectivity index (χ0n) is 17.4. The number of nitrogen functional groups attached to an aromatic ring is 1. The first-order chi connectivity index (χ1) is 16.0. The minimum Gasteiger partial charge on any atom is -0.493 e. The highest BCUT2D eigenvalue weighted by molar-refractivity contribution is 6.33. The molecule has 0 aliphatic rings. The first-order valence-corrected chi connectivity index (χ1v) is 9.75. The van der Waals surface area contributed by atoms with Gasteiger partial charge in [0.2, 0.25) is 11.6 Å². The van der Waals surface area contributed by atoms with E-state index in [0.29, 0.717) is 27.6 Å². The van der Waals surface area contributed by atoms with Gasteiger partial charge in [0.15, 0.2) is 17.2 Å². The van der Waals surface area contributed by atoms with Crippen LogP contribution in [0.4, 0.5) is 5.82 Å². The van der Waals surface area contributed by atoms with E-state index in [4.69, 9.17) is 26.8 Å². The molecule has 0 aliphatic carbocycles. The van der Waals surface area contributed by atoms with Crippen molar-refractivity contribution in [3.8, 4) is 28.6 Å². The third-order valence-electron chi connectivity index (χ3n) is 4.50. The summed E-state index contributed by atoms with van der Waals surface area (Å²) in [5.41, 5.74) is 9.55. The van der Waals surface area contributed by atoms with Crippen molar-refractivity contribution >= 4 is 29.5 Å². The molecule has 0 spiro atoms. The molecule has 4 aromatic rings. The molecular formula is C20H17ClN8O4. The van der Waals surface area contributed by atoms with Gasteiger partial charge < -0.3 is 15.2 Å². The van der Waals surface area contributed by atoms with E-state index < -0.39 is 5.91 Å². The standard InChI is InChI=1S/C20H17ClN8O4/c1-31-14-8-7-11(9-15(14)32-2)10-23-25-20(30)16-17(12-5-3-4-6-13(12)21)29(28-24-16)19-18(22)26-33-27-19/h3-10H,1-2H3,(H2,22,26)(H,25,30). The van der Waals surface area contributed by atoms with Crippen LogP contribution in [0.5, 0.6) is 11.5 Å². The van der Waals surface area contributed by atoms with Crippen molar-refractivity contribution in [3.05, 3.63) is 58.7 Å². The molecule has 0 saturated heterocycles. The summed E-state index contributed by atoms with van der Waals surface area (Å²) in [4.78, 5) is 12.9. The maximum Gasteiger partial charge on any atom is 0.294 e. The predicted molar refractivity (Wildman–Crippen MR) is 119 cm³/mol. The number of carbonyl (C=O) groups excluding carboxylic acids is 1. The Hall–Kier alpha value is -4.45. The first-order valence-electron chi connectivity index (χ1n) is 9.38. The van der Waals surface area contributed by atoms with Gasteiger partial charge in [0.25, 0.3) is 5.91 Å². The molecule has 2 aromatic heterocycles. The maximum atomic E-state index is 12.9. The van der Waals surface area contributed by atoms with E-state index in [-0.39, 0.29) is 23.0 Å². The Morgan fingerprint density at radius 1 is 1.18 bits per heavy atom. The number of anilines is 1. The normalized spacial score (nSPS) is 11.0. The minimum atomic E-state index is -0.636. The lowest BCUT2D eigenvalue weighted by atomic mass is 10.1. The van der Waals surface area contributed by atoms with E-state index in [1.54, 1.807) is 49.6 Å². The van der Waals surface area contributed by atoms with Crippen molar-refractivity contribution in [1.82, 2.24) is 30.7 Å². The summed E-state index contributed by atoms with van der Waals surface area (Å²) >= 11 is 6.36. The van der Waals surface area contributed by atoms with E-state index in [1.807, 2.05) is 0 Å². The molecule has 33 heavy (non-hydrogen) atoms. The largest absolute Gasteiger partial charge is 0.493 e. The Morgan fingerprint density at radius 2 is 1.97 bits per heavy atom. The van der Waals surface area contributed by atoms with E-state index in [1.165, 1.54) is 18.0 Å². The van der Waals surface area contributed by atoms with Crippen molar-refractivity contribution in [2.24, 2.45) is 5.10 Å². The molecule has 168 valence electrons. The van der Waals surface area contributed by atoms with Crippen LogP contribution in [0.1, 0.15) is 16.1 Å². The molecule has 3 N–H and O–H groups in total. The summed E-state index contributed by atoms with van der Waals surface area (Å²) in [5, 5.41) is 19.6. The number of carbonyl (C=O) groups is 1. The number of hydrogen-bond acceptors (Lipinski definition) is 10. The maximum absolute atomic E-state index is 12.9. The van der Waals surface area contributed by atoms with Gasteiger partial charge in [-0.05, 0) is 40.1 Å². The van der Waals surface area contributed by atoms with Crippen LogP contribution in [0.2, 0.25) is 5.02 Å². The molecule has 13 heteroatoms. The fourth-order valence-electron chi connectivity index (χ4n) is 2.97. The van der Waals surface area contributed by atoms with Gasteiger partial charge in [-0.1, -0.05) is 35.0 Å². The van der Waals surface area contributed by atoms with Gasteiger partial charge >= 0.3 is 0 Å². The number of ether oxygens (including phenoxy) is 2. The number of nitrogens with one attached hydrogen (secondary N) is 1. The molecule has 0 aliphatic heterocycles. The fourth-order valence-corrected chi connectivity index (χ4v) is 3.19. The number of amides is 1. The lowest BCUT2D eigenvalue weighted by Crippen LogP contribution is -2.19. The quantitative estimate of drug-likeness (QED) is 0.307. The van der Waals surface area contributed by atoms with Crippen molar-refractivity contribution in [1.29, 1.82) is 0 Å². The van der Waals surface area contributed by atoms with Gasteiger partial charge in [-0.25, -0.2) is 10.1 Å². The summed E-state index contributed by atoms with van der Waals surface area (Å²) < 4.78 is 16.3. The van der Waals surface area contributed by atoms with Crippen molar-refractivity contribution in [2.45, 2.75) is 0 Å². The zero-order valence-corrected chi connectivity index (χ0v) is 18.1. The van der Waals surface area contributed by atoms with Crippen LogP contribution in [0, 0.1) is 0 Å². The average molecular weight is 469 g/mol. The summed E-state index contributed by atoms with van der Waals surface area (Å²) in [6.45, 7) is 0. The second kappa shape index (κ2) is 9.36. The van der Waals surface area contributed by atoms with E-state index >= 15 is 0 Å². The Labute approximate surface area is 191 Å². The number of benzene rings is 2. The third kappa shape index (κ3) is 4.32. The number of nitrogens with zero attached hydrogens (tertiary/aromatic N) is 6. The Morgan fingerprint density at radius 3 is 2.67 bits per heavy atom. The van der Waals surface area contributed by atoms with Crippen LogP contribution in [0.15, 0.2) is 52.2 Å². The lowest BCUT2D eigenvalue weighted by molar-refractivity contribution is 0.0950. The molecule has 0 bridgehead atoms. The number of rotatable bonds is 7. The summed E-state index contributed by atoms with van der Waals surface area (Å²) in [6, 6.07) is 12.0. The highest BCUT2D eigenvalue weighted by Gasteiger charge is 2.26. The second-order valence-electron chi connectivity index (χ2n) is 6.46. The first kappa shape index (κ1) is 21.8. The number of halogens is 1. The number of methoxy groups -OCH3 is 2. The Kier molecular flexibility index (Phi) is 6.17. The van der Waals surface area contributed by atoms with E-state index in [9.17, 15) is 4.79 Å². The molecule has 0 unspecified atom stereocenters.